The van der Waals surface area contributed by atoms with Crippen LogP contribution in [0, 0.1) is 23.7 Å². The Bertz CT molecular complexity index is 167. The minimum Gasteiger partial charge on any atom is -0.0880 e. The molecule has 0 aromatic heterocycles. The molecule has 0 aliphatic rings. The first kappa shape index (κ1) is 14.7. The summed E-state index contributed by atoms with van der Waals surface area (Å²) < 4.78 is 0. The third kappa shape index (κ3) is 6.76. The minimum atomic E-state index is 0.721. The molecule has 0 aliphatic carbocycles. The van der Waals surface area contributed by atoms with Crippen LogP contribution in [0.15, 0.2) is 12.2 Å². The van der Waals surface area contributed by atoms with Crippen molar-refractivity contribution in [2.45, 2.75) is 60.8 Å². The zero-order valence-corrected chi connectivity index (χ0v) is 11.6. The quantitative estimate of drug-likeness (QED) is 0.500. The van der Waals surface area contributed by atoms with Crippen molar-refractivity contribution in [2.24, 2.45) is 23.7 Å². The van der Waals surface area contributed by atoms with E-state index in [9.17, 15) is 0 Å². The van der Waals surface area contributed by atoms with E-state index >= 15 is 0 Å². The molecule has 0 bridgehead atoms. The lowest BCUT2D eigenvalue weighted by molar-refractivity contribution is 0.342. The van der Waals surface area contributed by atoms with E-state index in [1.807, 2.05) is 0 Å². The zero-order valence-electron chi connectivity index (χ0n) is 11.6. The molecule has 0 fully saturated rings. The number of hydrogen-bond acceptors (Lipinski definition) is 0. The molecule has 0 aromatic rings. The van der Waals surface area contributed by atoms with E-state index in [2.05, 4.69) is 53.7 Å². The van der Waals surface area contributed by atoms with Gasteiger partial charge in [-0.1, -0.05) is 66.5 Å². The molecule has 0 saturated carbocycles. The van der Waals surface area contributed by atoms with Gasteiger partial charge in [0, 0.05) is 0 Å². The normalized spacial score (nSPS) is 18.3. The van der Waals surface area contributed by atoms with Gasteiger partial charge in [-0.05, 0) is 30.1 Å². The van der Waals surface area contributed by atoms with Crippen molar-refractivity contribution in [3.63, 3.8) is 0 Å². The summed E-state index contributed by atoms with van der Waals surface area (Å²) in [6.45, 7) is 13.9. The molecule has 0 nitrogen and oxygen atoms in total. The Morgan fingerprint density at radius 3 is 2.07 bits per heavy atom. The molecule has 3 unspecified atom stereocenters. The van der Waals surface area contributed by atoms with Gasteiger partial charge in [0.25, 0.3) is 0 Å². The third-order valence-corrected chi connectivity index (χ3v) is 3.64. The van der Waals surface area contributed by atoms with E-state index in [0.29, 0.717) is 0 Å². The highest BCUT2D eigenvalue weighted by molar-refractivity contribution is 4.90. The summed E-state index contributed by atoms with van der Waals surface area (Å²) in [6.07, 6.45) is 8.73. The second-order valence-electron chi connectivity index (χ2n) is 5.52. The highest BCUT2D eigenvalue weighted by Crippen LogP contribution is 2.21. The molecule has 90 valence electrons. The maximum atomic E-state index is 2.41. The highest BCUT2D eigenvalue weighted by atomic mass is 14.2. The van der Waals surface area contributed by atoms with Gasteiger partial charge in [0.1, 0.15) is 0 Å². The van der Waals surface area contributed by atoms with Gasteiger partial charge in [-0.15, -0.1) is 0 Å². The molecule has 0 rings (SSSR count). The van der Waals surface area contributed by atoms with E-state index in [1.165, 1.54) is 19.3 Å². The van der Waals surface area contributed by atoms with E-state index in [1.54, 1.807) is 0 Å². The molecule has 0 radical (unpaired) electrons. The topological polar surface area (TPSA) is 0 Å². The van der Waals surface area contributed by atoms with Gasteiger partial charge in [0.2, 0.25) is 0 Å². The zero-order chi connectivity index (χ0) is 11.8. The number of allylic oxidation sites excluding steroid dienone is 2. The van der Waals surface area contributed by atoms with Crippen LogP contribution >= 0.6 is 0 Å². The summed E-state index contributed by atoms with van der Waals surface area (Å²) in [7, 11) is 0. The molecule has 0 heterocycles. The Kier molecular flexibility index (Phi) is 7.82. The van der Waals surface area contributed by atoms with Crippen molar-refractivity contribution in [2.75, 3.05) is 0 Å². The van der Waals surface area contributed by atoms with Gasteiger partial charge < -0.3 is 0 Å². The molecule has 0 aromatic carbocycles. The van der Waals surface area contributed by atoms with Crippen molar-refractivity contribution in [3.05, 3.63) is 12.2 Å². The van der Waals surface area contributed by atoms with E-state index in [4.69, 9.17) is 0 Å². The van der Waals surface area contributed by atoms with E-state index < -0.39 is 0 Å². The summed E-state index contributed by atoms with van der Waals surface area (Å²) in [5.41, 5.74) is 0. The van der Waals surface area contributed by atoms with Crippen molar-refractivity contribution >= 4 is 0 Å². The van der Waals surface area contributed by atoms with Gasteiger partial charge in [-0.2, -0.15) is 0 Å². The Balaban J connectivity index is 3.85. The lowest BCUT2D eigenvalue weighted by atomic mass is 9.85. The Morgan fingerprint density at radius 2 is 1.60 bits per heavy atom. The minimum absolute atomic E-state index is 0.721. The van der Waals surface area contributed by atoms with E-state index in [-0.39, 0.29) is 0 Å². The molecule has 0 heteroatoms. The van der Waals surface area contributed by atoms with Crippen molar-refractivity contribution in [1.82, 2.24) is 0 Å². The molecular formula is C15H30. The van der Waals surface area contributed by atoms with Crippen LogP contribution in [-0.4, -0.2) is 0 Å². The van der Waals surface area contributed by atoms with Crippen molar-refractivity contribution in [1.29, 1.82) is 0 Å². The van der Waals surface area contributed by atoms with Crippen LogP contribution in [0.5, 0.6) is 0 Å². The fourth-order valence-electron chi connectivity index (χ4n) is 1.92. The average Bonchev–Trinajstić information content (AvgIpc) is 2.16. The molecule has 0 aliphatic heterocycles. The fourth-order valence-corrected chi connectivity index (χ4v) is 1.92. The second-order valence-corrected chi connectivity index (χ2v) is 5.52. The summed E-state index contributed by atoms with van der Waals surface area (Å²) in [5, 5.41) is 0. The van der Waals surface area contributed by atoms with Gasteiger partial charge in [-0.3, -0.25) is 0 Å². The lowest BCUT2D eigenvalue weighted by Crippen LogP contribution is -2.12. The molecular weight excluding hydrogens is 180 g/mol. The third-order valence-electron chi connectivity index (χ3n) is 3.64. The largest absolute Gasteiger partial charge is 0.0880 e. The Morgan fingerprint density at radius 1 is 1.00 bits per heavy atom. The molecule has 0 spiro atoms. The van der Waals surface area contributed by atoms with Gasteiger partial charge >= 0.3 is 0 Å². The van der Waals surface area contributed by atoms with Crippen LogP contribution in [-0.2, 0) is 0 Å². The van der Waals surface area contributed by atoms with Crippen LogP contribution in [0.1, 0.15) is 60.8 Å². The van der Waals surface area contributed by atoms with Gasteiger partial charge in [0.05, 0.1) is 0 Å². The first-order valence-corrected chi connectivity index (χ1v) is 6.65. The first-order chi connectivity index (χ1) is 6.99. The maximum Gasteiger partial charge on any atom is -0.0234 e. The van der Waals surface area contributed by atoms with Crippen LogP contribution in [0.25, 0.3) is 0 Å². The first-order valence-electron chi connectivity index (χ1n) is 6.65. The molecule has 0 saturated heterocycles. The maximum absolute atomic E-state index is 2.41. The van der Waals surface area contributed by atoms with Gasteiger partial charge in [-0.25, -0.2) is 0 Å². The summed E-state index contributed by atoms with van der Waals surface area (Å²) in [5.74, 6) is 3.16. The van der Waals surface area contributed by atoms with Crippen LogP contribution in [0.2, 0.25) is 0 Å². The monoisotopic (exact) mass is 210 g/mol. The molecule has 3 atom stereocenters. The predicted molar refractivity (Wildman–Crippen MR) is 71.0 cm³/mol. The summed E-state index contributed by atoms with van der Waals surface area (Å²) in [4.78, 5) is 0. The number of hydrogen-bond donors (Lipinski definition) is 0. The molecule has 0 N–H and O–H groups in total. The molecule has 15 heavy (non-hydrogen) atoms. The molecule has 0 amide bonds. The van der Waals surface area contributed by atoms with Gasteiger partial charge in [0.15, 0.2) is 0 Å². The SMILES string of the molecule is CCCC(C)CC=CC(C)C(C)C(C)C. The average molecular weight is 210 g/mol. The van der Waals surface area contributed by atoms with Crippen LogP contribution in [0.3, 0.4) is 0 Å². The Labute approximate surface area is 97.2 Å². The highest BCUT2D eigenvalue weighted by Gasteiger charge is 2.12. The van der Waals surface area contributed by atoms with E-state index in [0.717, 1.165) is 23.7 Å². The standard InChI is InChI=1S/C15H30/c1-7-9-13(4)10-8-11-14(5)15(6)12(2)3/h8,11-15H,7,9-10H2,1-6H3. The Hall–Kier alpha value is -0.260. The van der Waals surface area contributed by atoms with Crippen molar-refractivity contribution < 1.29 is 0 Å². The predicted octanol–water partition coefficient (Wildman–Crippen LogP) is 5.30. The smallest absolute Gasteiger partial charge is 0.0234 e. The summed E-state index contributed by atoms with van der Waals surface area (Å²) in [6, 6.07) is 0. The van der Waals surface area contributed by atoms with Crippen LogP contribution in [0.4, 0.5) is 0 Å². The fraction of sp³-hybridized carbons (Fsp3) is 0.867. The lowest BCUT2D eigenvalue weighted by Gasteiger charge is -2.20. The summed E-state index contributed by atoms with van der Waals surface area (Å²) >= 11 is 0. The number of rotatable bonds is 7. The van der Waals surface area contributed by atoms with Crippen LogP contribution < -0.4 is 0 Å². The van der Waals surface area contributed by atoms with Crippen molar-refractivity contribution in [3.8, 4) is 0 Å². The second kappa shape index (κ2) is 7.96.